The lowest BCUT2D eigenvalue weighted by Gasteiger charge is -2.08. The summed E-state index contributed by atoms with van der Waals surface area (Å²) in [6.07, 6.45) is 1.64. The number of carbonyl (C=O) groups excluding carboxylic acids is 2. The van der Waals surface area contributed by atoms with Crippen LogP contribution in [0.2, 0.25) is 0 Å². The van der Waals surface area contributed by atoms with E-state index in [1.807, 2.05) is 0 Å². The van der Waals surface area contributed by atoms with Crippen molar-refractivity contribution in [2.75, 3.05) is 6.61 Å². The summed E-state index contributed by atoms with van der Waals surface area (Å²) in [6, 6.07) is 12.2. The van der Waals surface area contributed by atoms with Gasteiger partial charge in [0.1, 0.15) is 0 Å². The van der Waals surface area contributed by atoms with Gasteiger partial charge in [0.2, 0.25) is 10.0 Å². The van der Waals surface area contributed by atoms with Gasteiger partial charge in [-0.05, 0) is 43.2 Å². The van der Waals surface area contributed by atoms with Crippen molar-refractivity contribution in [2.24, 2.45) is 0 Å². The minimum Gasteiger partial charge on any atom is -0.454 e. The standard InChI is InChI=1S/C18H16BrNO5S/c19-14-6-4-12(5-7-14)17(21)11-25-18(22)13-2-1-3-16(10-13)26(23,24)20-15-8-9-15/h1-7,10,15,20H,8-9,11H2. The highest BCUT2D eigenvalue weighted by Gasteiger charge is 2.28. The van der Waals surface area contributed by atoms with E-state index in [0.717, 1.165) is 17.3 Å². The Morgan fingerprint density at radius 1 is 1.08 bits per heavy atom. The van der Waals surface area contributed by atoms with Gasteiger partial charge in [-0.15, -0.1) is 0 Å². The molecule has 3 rings (SSSR count). The molecule has 0 atom stereocenters. The average Bonchev–Trinajstić information content (AvgIpc) is 3.43. The Morgan fingerprint density at radius 2 is 1.77 bits per heavy atom. The van der Waals surface area contributed by atoms with Crippen LogP contribution in [0.5, 0.6) is 0 Å². The number of rotatable bonds is 7. The first kappa shape index (κ1) is 18.8. The smallest absolute Gasteiger partial charge is 0.338 e. The maximum absolute atomic E-state index is 12.2. The van der Waals surface area contributed by atoms with Crippen LogP contribution < -0.4 is 4.72 Å². The highest BCUT2D eigenvalue weighted by Crippen LogP contribution is 2.22. The van der Waals surface area contributed by atoms with E-state index in [9.17, 15) is 18.0 Å². The number of hydrogen-bond acceptors (Lipinski definition) is 5. The summed E-state index contributed by atoms with van der Waals surface area (Å²) in [7, 11) is -3.66. The van der Waals surface area contributed by atoms with E-state index >= 15 is 0 Å². The number of benzene rings is 2. The number of ether oxygens (including phenoxy) is 1. The van der Waals surface area contributed by atoms with Crippen molar-refractivity contribution in [2.45, 2.75) is 23.8 Å². The molecule has 0 bridgehead atoms. The maximum Gasteiger partial charge on any atom is 0.338 e. The number of ketones is 1. The fourth-order valence-electron chi connectivity index (χ4n) is 2.21. The zero-order chi connectivity index (χ0) is 18.7. The fourth-order valence-corrected chi connectivity index (χ4v) is 3.83. The molecular weight excluding hydrogens is 422 g/mol. The SMILES string of the molecule is O=C(COC(=O)c1cccc(S(=O)(=O)NC2CC2)c1)c1ccc(Br)cc1. The minimum absolute atomic E-state index is 0.00177. The number of halogens is 1. The number of carbonyl (C=O) groups is 2. The summed E-state index contributed by atoms with van der Waals surface area (Å²) < 4.78 is 32.8. The molecule has 0 saturated heterocycles. The van der Waals surface area contributed by atoms with Crippen molar-refractivity contribution in [3.8, 4) is 0 Å². The Hall–Kier alpha value is -2.03. The second-order valence-corrected chi connectivity index (χ2v) is 8.56. The molecule has 0 radical (unpaired) electrons. The second kappa shape index (κ2) is 7.69. The van der Waals surface area contributed by atoms with Crippen LogP contribution in [-0.4, -0.2) is 32.8 Å². The molecule has 0 spiro atoms. The summed E-state index contributed by atoms with van der Waals surface area (Å²) in [6.45, 7) is -0.419. The summed E-state index contributed by atoms with van der Waals surface area (Å²) in [5.74, 6) is -1.09. The first-order chi connectivity index (χ1) is 12.3. The molecule has 1 fully saturated rings. The Labute approximate surface area is 159 Å². The van der Waals surface area contributed by atoms with E-state index in [0.29, 0.717) is 5.56 Å². The molecule has 0 amide bonds. The van der Waals surface area contributed by atoms with Crippen molar-refractivity contribution in [3.05, 3.63) is 64.1 Å². The predicted molar refractivity (Wildman–Crippen MR) is 98.5 cm³/mol. The molecule has 1 N–H and O–H groups in total. The third-order valence-electron chi connectivity index (χ3n) is 3.78. The molecule has 1 aliphatic rings. The van der Waals surface area contributed by atoms with Crippen molar-refractivity contribution in [3.63, 3.8) is 0 Å². The molecule has 2 aromatic carbocycles. The molecule has 26 heavy (non-hydrogen) atoms. The summed E-state index contributed by atoms with van der Waals surface area (Å²) in [4.78, 5) is 24.2. The Morgan fingerprint density at radius 3 is 2.42 bits per heavy atom. The van der Waals surface area contributed by atoms with Crippen molar-refractivity contribution in [1.29, 1.82) is 0 Å². The van der Waals surface area contributed by atoms with Gasteiger partial charge in [-0.3, -0.25) is 4.79 Å². The molecule has 136 valence electrons. The summed E-state index contributed by atoms with van der Waals surface area (Å²) in [5, 5.41) is 0. The minimum atomic E-state index is -3.66. The largest absolute Gasteiger partial charge is 0.454 e. The van der Waals surface area contributed by atoms with Gasteiger partial charge < -0.3 is 4.74 Å². The lowest BCUT2D eigenvalue weighted by atomic mass is 10.1. The lowest BCUT2D eigenvalue weighted by Crippen LogP contribution is -2.26. The number of hydrogen-bond donors (Lipinski definition) is 1. The van der Waals surface area contributed by atoms with Gasteiger partial charge in [0.05, 0.1) is 10.5 Å². The van der Waals surface area contributed by atoms with Crippen LogP contribution in [0.3, 0.4) is 0 Å². The molecule has 8 heteroatoms. The first-order valence-corrected chi connectivity index (χ1v) is 10.2. The Kier molecular flexibility index (Phi) is 5.55. The lowest BCUT2D eigenvalue weighted by molar-refractivity contribution is 0.0474. The van der Waals surface area contributed by atoms with Gasteiger partial charge in [-0.2, -0.15) is 0 Å². The molecule has 1 saturated carbocycles. The van der Waals surface area contributed by atoms with Crippen LogP contribution in [0.15, 0.2) is 57.9 Å². The summed E-state index contributed by atoms with van der Waals surface area (Å²) >= 11 is 3.28. The number of Topliss-reactive ketones (excluding diaryl/α,β-unsaturated/α-hetero) is 1. The fraction of sp³-hybridized carbons (Fsp3) is 0.222. The third kappa shape index (κ3) is 4.78. The van der Waals surface area contributed by atoms with Crippen LogP contribution >= 0.6 is 15.9 Å². The monoisotopic (exact) mass is 437 g/mol. The van der Waals surface area contributed by atoms with Crippen LogP contribution in [0, 0.1) is 0 Å². The molecule has 2 aromatic rings. The van der Waals surface area contributed by atoms with Crippen LogP contribution in [0.4, 0.5) is 0 Å². The zero-order valence-corrected chi connectivity index (χ0v) is 16.0. The van der Waals surface area contributed by atoms with E-state index in [-0.39, 0.29) is 22.3 Å². The predicted octanol–water partition coefficient (Wildman–Crippen LogP) is 2.93. The van der Waals surface area contributed by atoms with E-state index in [1.165, 1.54) is 24.3 Å². The van der Waals surface area contributed by atoms with E-state index in [4.69, 9.17) is 4.74 Å². The highest BCUT2D eigenvalue weighted by molar-refractivity contribution is 9.10. The number of nitrogens with one attached hydrogen (secondary N) is 1. The van der Waals surface area contributed by atoms with Crippen LogP contribution in [0.25, 0.3) is 0 Å². The number of sulfonamides is 1. The molecule has 6 nitrogen and oxygen atoms in total. The van der Waals surface area contributed by atoms with Gasteiger partial charge in [0.15, 0.2) is 12.4 Å². The van der Waals surface area contributed by atoms with Crippen molar-refractivity contribution in [1.82, 2.24) is 4.72 Å². The van der Waals surface area contributed by atoms with Gasteiger partial charge >= 0.3 is 5.97 Å². The van der Waals surface area contributed by atoms with Crippen molar-refractivity contribution < 1.29 is 22.7 Å². The molecule has 0 unspecified atom stereocenters. The van der Waals surface area contributed by atoms with E-state index in [1.54, 1.807) is 24.3 Å². The van der Waals surface area contributed by atoms with Crippen molar-refractivity contribution >= 4 is 37.7 Å². The van der Waals surface area contributed by atoms with E-state index in [2.05, 4.69) is 20.7 Å². The van der Waals surface area contributed by atoms with Gasteiger partial charge in [-0.1, -0.05) is 34.1 Å². The topological polar surface area (TPSA) is 89.5 Å². The normalized spacial score (nSPS) is 14.0. The second-order valence-electron chi connectivity index (χ2n) is 5.93. The molecule has 1 aliphatic carbocycles. The molecule has 0 aromatic heterocycles. The van der Waals surface area contributed by atoms with Crippen LogP contribution in [0.1, 0.15) is 33.6 Å². The third-order valence-corrected chi connectivity index (χ3v) is 5.83. The van der Waals surface area contributed by atoms with Gasteiger partial charge in [0.25, 0.3) is 0 Å². The number of esters is 1. The molecular formula is C18H16BrNO5S. The summed E-state index contributed by atoms with van der Waals surface area (Å²) in [5.41, 5.74) is 0.498. The Balaban J connectivity index is 1.65. The maximum atomic E-state index is 12.2. The Bertz CT molecular complexity index is 936. The van der Waals surface area contributed by atoms with E-state index < -0.39 is 22.6 Å². The first-order valence-electron chi connectivity index (χ1n) is 7.93. The quantitative estimate of drug-likeness (QED) is 0.531. The average molecular weight is 438 g/mol. The molecule has 0 aliphatic heterocycles. The van der Waals surface area contributed by atoms with Crippen LogP contribution in [-0.2, 0) is 14.8 Å². The molecule has 0 heterocycles. The van der Waals surface area contributed by atoms with Gasteiger partial charge in [0, 0.05) is 16.1 Å². The highest BCUT2D eigenvalue weighted by atomic mass is 79.9. The zero-order valence-electron chi connectivity index (χ0n) is 13.6. The van der Waals surface area contributed by atoms with Gasteiger partial charge in [-0.25, -0.2) is 17.9 Å².